The molecule has 0 aliphatic carbocycles. The first-order chi connectivity index (χ1) is 10.6. The summed E-state index contributed by atoms with van der Waals surface area (Å²) in [5, 5.41) is 19.0. The zero-order valence-electron chi connectivity index (χ0n) is 11.6. The van der Waals surface area contributed by atoms with E-state index in [4.69, 9.17) is 9.84 Å². The molecule has 22 heavy (non-hydrogen) atoms. The molecule has 2 N–H and O–H groups in total. The summed E-state index contributed by atoms with van der Waals surface area (Å²) in [6, 6.07) is 6.95. The molecule has 8 heteroatoms. The molecule has 0 spiro atoms. The van der Waals surface area contributed by atoms with Crippen molar-refractivity contribution in [2.24, 2.45) is 5.92 Å². The molecule has 2 heterocycles. The minimum atomic E-state index is -1.14. The molecule has 1 unspecified atom stereocenters. The molecule has 8 nitrogen and oxygen atoms in total. The van der Waals surface area contributed by atoms with Crippen LogP contribution in [0, 0.1) is 5.92 Å². The van der Waals surface area contributed by atoms with E-state index >= 15 is 0 Å². The van der Waals surface area contributed by atoms with E-state index in [1.165, 1.54) is 10.9 Å². The van der Waals surface area contributed by atoms with E-state index in [0.717, 1.165) is 6.42 Å². The van der Waals surface area contributed by atoms with Crippen molar-refractivity contribution in [1.29, 1.82) is 0 Å². The number of hydrogen-bond acceptors (Lipinski definition) is 5. The van der Waals surface area contributed by atoms with Gasteiger partial charge in [-0.1, -0.05) is 11.3 Å². The Morgan fingerprint density at radius 1 is 1.41 bits per heavy atom. The van der Waals surface area contributed by atoms with Crippen LogP contribution >= 0.6 is 0 Å². The van der Waals surface area contributed by atoms with E-state index in [2.05, 4.69) is 15.6 Å². The van der Waals surface area contributed by atoms with E-state index in [9.17, 15) is 9.59 Å². The number of carbonyl (C=O) groups is 2. The summed E-state index contributed by atoms with van der Waals surface area (Å²) in [5.74, 6) is -1.36. The number of rotatable bonds is 4. The zero-order valence-corrected chi connectivity index (χ0v) is 11.6. The highest BCUT2D eigenvalue weighted by molar-refractivity contribution is 5.93. The fourth-order valence-electron chi connectivity index (χ4n) is 2.20. The van der Waals surface area contributed by atoms with Gasteiger partial charge in [-0.3, -0.25) is 4.79 Å². The fourth-order valence-corrected chi connectivity index (χ4v) is 2.20. The standard InChI is InChI=1S/C14H14N4O4/c19-13(9-4-5-22-8-9)15-10-2-1-3-11(6-10)18-7-12(14(20)21)16-17-18/h1-3,6-7,9H,4-5,8H2,(H,15,19)(H,20,21). The highest BCUT2D eigenvalue weighted by Gasteiger charge is 2.23. The van der Waals surface area contributed by atoms with Gasteiger partial charge in [0.2, 0.25) is 5.91 Å². The SMILES string of the molecule is O=C(O)c1cn(-c2cccc(NC(=O)C3CCOC3)c2)nn1. The molecule has 1 aliphatic heterocycles. The number of carboxylic acid groups (broad SMARTS) is 1. The second-order valence-electron chi connectivity index (χ2n) is 4.95. The number of ether oxygens (including phenoxy) is 1. The highest BCUT2D eigenvalue weighted by Crippen LogP contribution is 2.18. The molecular weight excluding hydrogens is 288 g/mol. The van der Waals surface area contributed by atoms with Gasteiger partial charge in [0.25, 0.3) is 0 Å². The van der Waals surface area contributed by atoms with Crippen LogP contribution in [0.2, 0.25) is 0 Å². The van der Waals surface area contributed by atoms with Gasteiger partial charge >= 0.3 is 5.97 Å². The van der Waals surface area contributed by atoms with Crippen LogP contribution in [-0.4, -0.2) is 45.2 Å². The molecule has 2 aromatic rings. The van der Waals surface area contributed by atoms with Gasteiger partial charge in [0.1, 0.15) is 0 Å². The predicted molar refractivity (Wildman–Crippen MR) is 75.9 cm³/mol. The van der Waals surface area contributed by atoms with Gasteiger partial charge in [-0.05, 0) is 24.6 Å². The smallest absolute Gasteiger partial charge is 0.358 e. The molecule has 1 atom stereocenters. The second-order valence-corrected chi connectivity index (χ2v) is 4.95. The summed E-state index contributed by atoms with van der Waals surface area (Å²) in [7, 11) is 0. The first-order valence-corrected chi connectivity index (χ1v) is 6.78. The number of carbonyl (C=O) groups excluding carboxylic acids is 1. The van der Waals surface area contributed by atoms with Gasteiger partial charge in [0.05, 0.1) is 24.4 Å². The molecule has 1 saturated heterocycles. The minimum Gasteiger partial charge on any atom is -0.476 e. The number of carboxylic acids is 1. The van der Waals surface area contributed by atoms with Crippen LogP contribution in [-0.2, 0) is 9.53 Å². The van der Waals surface area contributed by atoms with E-state index < -0.39 is 5.97 Å². The number of amides is 1. The average Bonchev–Trinajstić information content (AvgIpc) is 3.19. The lowest BCUT2D eigenvalue weighted by Crippen LogP contribution is -2.22. The Morgan fingerprint density at radius 2 is 2.27 bits per heavy atom. The summed E-state index contributed by atoms with van der Waals surface area (Å²) in [6.45, 7) is 1.05. The lowest BCUT2D eigenvalue weighted by atomic mass is 10.1. The number of anilines is 1. The lowest BCUT2D eigenvalue weighted by molar-refractivity contribution is -0.119. The Hall–Kier alpha value is -2.74. The van der Waals surface area contributed by atoms with E-state index in [1.807, 2.05) is 0 Å². The number of nitrogens with one attached hydrogen (secondary N) is 1. The molecule has 1 aromatic heterocycles. The van der Waals surface area contributed by atoms with Crippen LogP contribution in [0.1, 0.15) is 16.9 Å². The summed E-state index contributed by atoms with van der Waals surface area (Å²) < 4.78 is 6.54. The van der Waals surface area contributed by atoms with Crippen molar-refractivity contribution in [3.05, 3.63) is 36.2 Å². The number of aromatic nitrogens is 3. The third-order valence-corrected chi connectivity index (χ3v) is 3.39. The van der Waals surface area contributed by atoms with Crippen LogP contribution in [0.3, 0.4) is 0 Å². The van der Waals surface area contributed by atoms with Crippen molar-refractivity contribution >= 4 is 17.6 Å². The van der Waals surface area contributed by atoms with Gasteiger partial charge in [-0.2, -0.15) is 0 Å². The Balaban J connectivity index is 1.76. The Kier molecular flexibility index (Phi) is 3.84. The van der Waals surface area contributed by atoms with E-state index in [-0.39, 0.29) is 17.5 Å². The molecular formula is C14H14N4O4. The third-order valence-electron chi connectivity index (χ3n) is 3.39. The molecule has 1 amide bonds. The van der Waals surface area contributed by atoms with E-state index in [1.54, 1.807) is 24.3 Å². The Labute approximate surface area is 125 Å². The number of aromatic carboxylic acids is 1. The van der Waals surface area contributed by atoms with Crippen LogP contribution in [0.5, 0.6) is 0 Å². The monoisotopic (exact) mass is 302 g/mol. The molecule has 3 rings (SSSR count). The third kappa shape index (κ3) is 2.96. The van der Waals surface area contributed by atoms with Gasteiger partial charge in [-0.25, -0.2) is 9.48 Å². The van der Waals surface area contributed by atoms with Crippen molar-refractivity contribution in [3.63, 3.8) is 0 Å². The van der Waals surface area contributed by atoms with Gasteiger partial charge in [0.15, 0.2) is 5.69 Å². The first-order valence-electron chi connectivity index (χ1n) is 6.78. The molecule has 1 aromatic carbocycles. The molecule has 0 radical (unpaired) electrons. The van der Waals surface area contributed by atoms with Gasteiger partial charge < -0.3 is 15.2 Å². The van der Waals surface area contributed by atoms with Crippen molar-refractivity contribution in [2.45, 2.75) is 6.42 Å². The van der Waals surface area contributed by atoms with Gasteiger partial charge in [0, 0.05) is 12.3 Å². The lowest BCUT2D eigenvalue weighted by Gasteiger charge is -2.10. The molecule has 1 fully saturated rings. The second kappa shape index (κ2) is 5.94. The summed E-state index contributed by atoms with van der Waals surface area (Å²) in [6.07, 6.45) is 2.03. The Bertz CT molecular complexity index is 706. The molecule has 0 saturated carbocycles. The van der Waals surface area contributed by atoms with Crippen LogP contribution in [0.4, 0.5) is 5.69 Å². The average molecular weight is 302 g/mol. The topological polar surface area (TPSA) is 106 Å². The highest BCUT2D eigenvalue weighted by atomic mass is 16.5. The van der Waals surface area contributed by atoms with Crippen LogP contribution in [0.25, 0.3) is 5.69 Å². The van der Waals surface area contributed by atoms with Crippen molar-refractivity contribution in [1.82, 2.24) is 15.0 Å². The zero-order chi connectivity index (χ0) is 15.5. The predicted octanol–water partition coefficient (Wildman–Crippen LogP) is 0.940. The molecule has 0 bridgehead atoms. The summed E-state index contributed by atoms with van der Waals surface area (Å²) in [5.41, 5.74) is 1.08. The summed E-state index contributed by atoms with van der Waals surface area (Å²) in [4.78, 5) is 22.9. The van der Waals surface area contributed by atoms with Crippen molar-refractivity contribution < 1.29 is 19.4 Å². The minimum absolute atomic E-state index is 0.0838. The van der Waals surface area contributed by atoms with Crippen LogP contribution in [0.15, 0.2) is 30.5 Å². The van der Waals surface area contributed by atoms with Gasteiger partial charge in [-0.15, -0.1) is 5.10 Å². The number of benzene rings is 1. The largest absolute Gasteiger partial charge is 0.476 e. The number of nitrogens with zero attached hydrogens (tertiary/aromatic N) is 3. The molecule has 114 valence electrons. The normalized spacial score (nSPS) is 17.4. The van der Waals surface area contributed by atoms with Crippen molar-refractivity contribution in [3.8, 4) is 5.69 Å². The fraction of sp³-hybridized carbons (Fsp3) is 0.286. The maximum atomic E-state index is 12.1. The Morgan fingerprint density at radius 3 is 2.95 bits per heavy atom. The maximum Gasteiger partial charge on any atom is 0.358 e. The molecule has 1 aliphatic rings. The first kappa shape index (κ1) is 14.2. The quantitative estimate of drug-likeness (QED) is 0.870. The van der Waals surface area contributed by atoms with Crippen molar-refractivity contribution in [2.75, 3.05) is 18.5 Å². The summed E-state index contributed by atoms with van der Waals surface area (Å²) >= 11 is 0. The van der Waals surface area contributed by atoms with E-state index in [0.29, 0.717) is 24.6 Å². The number of hydrogen-bond donors (Lipinski definition) is 2. The van der Waals surface area contributed by atoms with Crippen LogP contribution < -0.4 is 5.32 Å². The maximum absolute atomic E-state index is 12.1.